The molecule has 2 atom stereocenters. The lowest BCUT2D eigenvalue weighted by Crippen LogP contribution is -2.33. The Morgan fingerprint density at radius 2 is 2.28 bits per heavy atom. The van der Waals surface area contributed by atoms with Crippen molar-refractivity contribution in [2.45, 2.75) is 26.2 Å². The molecule has 1 fully saturated rings. The molecule has 1 aromatic carbocycles. The van der Waals surface area contributed by atoms with Gasteiger partial charge in [-0.25, -0.2) is 4.79 Å². The SMILES string of the molecule is CC1CCCC1CNC(=O)Nc1cccc(N)c1. The number of carbonyl (C=O) groups excluding carboxylic acids is 1. The average molecular weight is 247 g/mol. The molecule has 18 heavy (non-hydrogen) atoms. The first kappa shape index (κ1) is 12.7. The lowest BCUT2D eigenvalue weighted by Gasteiger charge is -2.16. The maximum absolute atomic E-state index is 11.7. The summed E-state index contributed by atoms with van der Waals surface area (Å²) in [5, 5.41) is 5.72. The second-order valence-corrected chi connectivity index (χ2v) is 5.13. The third-order valence-electron chi connectivity index (χ3n) is 3.71. The van der Waals surface area contributed by atoms with E-state index in [1.807, 2.05) is 12.1 Å². The minimum Gasteiger partial charge on any atom is -0.399 e. The highest BCUT2D eigenvalue weighted by molar-refractivity contribution is 5.89. The van der Waals surface area contributed by atoms with Crippen molar-refractivity contribution in [3.8, 4) is 0 Å². The second-order valence-electron chi connectivity index (χ2n) is 5.13. The number of benzene rings is 1. The molecule has 0 spiro atoms. The summed E-state index contributed by atoms with van der Waals surface area (Å²) in [5.41, 5.74) is 7.03. The number of nitrogen functional groups attached to an aromatic ring is 1. The molecular weight excluding hydrogens is 226 g/mol. The number of nitrogens with two attached hydrogens (primary N) is 1. The molecule has 0 bridgehead atoms. The van der Waals surface area contributed by atoms with E-state index in [0.717, 1.165) is 18.2 Å². The fraction of sp³-hybridized carbons (Fsp3) is 0.500. The van der Waals surface area contributed by atoms with Crippen molar-refractivity contribution in [3.63, 3.8) is 0 Å². The van der Waals surface area contributed by atoms with Gasteiger partial charge in [-0.15, -0.1) is 0 Å². The molecular formula is C14H21N3O. The van der Waals surface area contributed by atoms with E-state index in [4.69, 9.17) is 5.73 Å². The standard InChI is InChI=1S/C14H21N3O/c1-10-4-2-5-11(10)9-16-14(18)17-13-7-3-6-12(15)8-13/h3,6-8,10-11H,2,4-5,9,15H2,1H3,(H2,16,17,18). The number of urea groups is 1. The van der Waals surface area contributed by atoms with Crippen LogP contribution in [-0.2, 0) is 0 Å². The number of carbonyl (C=O) groups is 1. The van der Waals surface area contributed by atoms with Gasteiger partial charge in [0.2, 0.25) is 0 Å². The van der Waals surface area contributed by atoms with Crippen LogP contribution in [0.4, 0.5) is 16.2 Å². The Morgan fingerprint density at radius 3 is 2.94 bits per heavy atom. The Bertz CT molecular complexity index is 419. The molecule has 0 radical (unpaired) electrons. The summed E-state index contributed by atoms with van der Waals surface area (Å²) in [6.07, 6.45) is 3.78. The maximum atomic E-state index is 11.7. The molecule has 2 rings (SSSR count). The molecule has 4 heteroatoms. The van der Waals surface area contributed by atoms with Crippen LogP contribution in [0.15, 0.2) is 24.3 Å². The van der Waals surface area contributed by atoms with Crippen molar-refractivity contribution in [1.29, 1.82) is 0 Å². The first-order chi connectivity index (χ1) is 8.65. The fourth-order valence-electron chi connectivity index (χ4n) is 2.54. The summed E-state index contributed by atoms with van der Waals surface area (Å²) in [5.74, 6) is 1.34. The number of rotatable bonds is 3. The van der Waals surface area contributed by atoms with Crippen LogP contribution in [-0.4, -0.2) is 12.6 Å². The molecule has 4 nitrogen and oxygen atoms in total. The van der Waals surface area contributed by atoms with E-state index in [1.165, 1.54) is 19.3 Å². The van der Waals surface area contributed by atoms with Crippen molar-refractivity contribution in [2.75, 3.05) is 17.6 Å². The van der Waals surface area contributed by atoms with Crippen LogP contribution in [0.25, 0.3) is 0 Å². The molecule has 1 aliphatic rings. The van der Waals surface area contributed by atoms with Gasteiger partial charge in [0.25, 0.3) is 0 Å². The highest BCUT2D eigenvalue weighted by atomic mass is 16.2. The lowest BCUT2D eigenvalue weighted by molar-refractivity contribution is 0.248. The van der Waals surface area contributed by atoms with Crippen LogP contribution >= 0.6 is 0 Å². The Kier molecular flexibility index (Phi) is 4.07. The number of hydrogen-bond donors (Lipinski definition) is 3. The zero-order valence-electron chi connectivity index (χ0n) is 10.8. The summed E-state index contributed by atoms with van der Waals surface area (Å²) in [6, 6.07) is 7.04. The normalized spacial score (nSPS) is 22.7. The van der Waals surface area contributed by atoms with E-state index in [9.17, 15) is 4.79 Å². The van der Waals surface area contributed by atoms with Crippen molar-refractivity contribution in [1.82, 2.24) is 5.32 Å². The first-order valence-corrected chi connectivity index (χ1v) is 6.55. The van der Waals surface area contributed by atoms with Gasteiger partial charge in [0.15, 0.2) is 0 Å². The van der Waals surface area contributed by atoms with Crippen LogP contribution in [0.5, 0.6) is 0 Å². The summed E-state index contributed by atoms with van der Waals surface area (Å²) >= 11 is 0. The summed E-state index contributed by atoms with van der Waals surface area (Å²) in [6.45, 7) is 3.02. The summed E-state index contributed by atoms with van der Waals surface area (Å²) < 4.78 is 0. The van der Waals surface area contributed by atoms with Crippen LogP contribution < -0.4 is 16.4 Å². The van der Waals surface area contributed by atoms with Crippen LogP contribution in [0.1, 0.15) is 26.2 Å². The molecule has 0 aliphatic heterocycles. The monoisotopic (exact) mass is 247 g/mol. The number of amides is 2. The molecule has 98 valence electrons. The van der Waals surface area contributed by atoms with Gasteiger partial charge in [0.05, 0.1) is 0 Å². The zero-order chi connectivity index (χ0) is 13.0. The molecule has 4 N–H and O–H groups in total. The average Bonchev–Trinajstić information content (AvgIpc) is 2.72. The van der Waals surface area contributed by atoms with Crippen molar-refractivity contribution in [3.05, 3.63) is 24.3 Å². The van der Waals surface area contributed by atoms with Crippen LogP contribution in [0.2, 0.25) is 0 Å². The third kappa shape index (κ3) is 3.39. The summed E-state index contributed by atoms with van der Waals surface area (Å²) in [4.78, 5) is 11.7. The summed E-state index contributed by atoms with van der Waals surface area (Å²) in [7, 11) is 0. The van der Waals surface area contributed by atoms with Crippen LogP contribution in [0, 0.1) is 11.8 Å². The molecule has 0 saturated heterocycles. The predicted molar refractivity (Wildman–Crippen MR) is 74.4 cm³/mol. The van der Waals surface area contributed by atoms with Gasteiger partial charge >= 0.3 is 6.03 Å². The predicted octanol–water partition coefficient (Wildman–Crippen LogP) is 2.83. The van der Waals surface area contributed by atoms with Gasteiger partial charge in [0, 0.05) is 17.9 Å². The highest BCUT2D eigenvalue weighted by Gasteiger charge is 2.23. The largest absolute Gasteiger partial charge is 0.399 e. The molecule has 1 aromatic rings. The smallest absolute Gasteiger partial charge is 0.319 e. The van der Waals surface area contributed by atoms with Crippen LogP contribution in [0.3, 0.4) is 0 Å². The molecule has 2 amide bonds. The Hall–Kier alpha value is -1.71. The number of hydrogen-bond acceptors (Lipinski definition) is 2. The molecule has 2 unspecified atom stereocenters. The highest BCUT2D eigenvalue weighted by Crippen LogP contribution is 2.30. The van der Waals surface area contributed by atoms with Crippen molar-refractivity contribution >= 4 is 17.4 Å². The molecule has 1 saturated carbocycles. The van der Waals surface area contributed by atoms with E-state index in [-0.39, 0.29) is 6.03 Å². The first-order valence-electron chi connectivity index (χ1n) is 6.55. The van der Waals surface area contributed by atoms with Gasteiger partial charge < -0.3 is 16.4 Å². The quantitative estimate of drug-likeness (QED) is 0.719. The maximum Gasteiger partial charge on any atom is 0.319 e. The molecule has 0 heterocycles. The van der Waals surface area contributed by atoms with E-state index in [1.54, 1.807) is 12.1 Å². The van der Waals surface area contributed by atoms with Gasteiger partial charge in [-0.1, -0.05) is 25.8 Å². The van der Waals surface area contributed by atoms with Gasteiger partial charge in [0.1, 0.15) is 0 Å². The molecule has 1 aliphatic carbocycles. The van der Waals surface area contributed by atoms with Crippen molar-refractivity contribution in [2.24, 2.45) is 11.8 Å². The Labute approximate surface area is 108 Å². The van der Waals surface area contributed by atoms with E-state index >= 15 is 0 Å². The van der Waals surface area contributed by atoms with Gasteiger partial charge in [-0.05, 0) is 36.5 Å². The van der Waals surface area contributed by atoms with Gasteiger partial charge in [-0.2, -0.15) is 0 Å². The minimum absolute atomic E-state index is 0.153. The fourth-order valence-corrected chi connectivity index (χ4v) is 2.54. The Balaban J connectivity index is 1.78. The topological polar surface area (TPSA) is 67.2 Å². The number of nitrogens with one attached hydrogen (secondary N) is 2. The van der Waals surface area contributed by atoms with E-state index < -0.39 is 0 Å². The zero-order valence-corrected chi connectivity index (χ0v) is 10.8. The minimum atomic E-state index is -0.153. The lowest BCUT2D eigenvalue weighted by atomic mass is 9.98. The Morgan fingerprint density at radius 1 is 1.44 bits per heavy atom. The van der Waals surface area contributed by atoms with Gasteiger partial charge in [-0.3, -0.25) is 0 Å². The number of anilines is 2. The van der Waals surface area contributed by atoms with E-state index in [0.29, 0.717) is 11.6 Å². The third-order valence-corrected chi connectivity index (χ3v) is 3.71. The molecule has 0 aromatic heterocycles. The second kappa shape index (κ2) is 5.76. The van der Waals surface area contributed by atoms with E-state index in [2.05, 4.69) is 17.6 Å². The van der Waals surface area contributed by atoms with Crippen molar-refractivity contribution < 1.29 is 4.79 Å².